The molecule has 0 saturated heterocycles. The molecule has 1 heterocycles. The summed E-state index contributed by atoms with van der Waals surface area (Å²) in [5.74, 6) is -0.454. The van der Waals surface area contributed by atoms with Gasteiger partial charge in [-0.1, -0.05) is 12.1 Å². The number of nitrogens with zero attached hydrogens (tertiary/aromatic N) is 2. The van der Waals surface area contributed by atoms with Crippen molar-refractivity contribution in [2.24, 2.45) is 0 Å². The van der Waals surface area contributed by atoms with Gasteiger partial charge in [-0.2, -0.15) is 13.2 Å². The van der Waals surface area contributed by atoms with Crippen LogP contribution in [0.2, 0.25) is 0 Å². The summed E-state index contributed by atoms with van der Waals surface area (Å²) in [4.78, 5) is 25.6. The van der Waals surface area contributed by atoms with E-state index >= 15 is 0 Å². The number of alkyl halides is 3. The van der Waals surface area contributed by atoms with Gasteiger partial charge >= 0.3 is 6.18 Å². The van der Waals surface area contributed by atoms with Crippen molar-refractivity contribution in [3.05, 3.63) is 64.1 Å². The molecule has 1 aromatic carbocycles. The first-order chi connectivity index (χ1) is 11.2. The largest absolute Gasteiger partial charge is 0.417 e. The van der Waals surface area contributed by atoms with E-state index in [9.17, 15) is 22.8 Å². The third-order valence-electron chi connectivity index (χ3n) is 3.55. The summed E-state index contributed by atoms with van der Waals surface area (Å²) >= 11 is 0. The van der Waals surface area contributed by atoms with Gasteiger partial charge in [0.1, 0.15) is 6.54 Å². The van der Waals surface area contributed by atoms with E-state index in [1.807, 2.05) is 13.0 Å². The molecule has 4 nitrogen and oxygen atoms in total. The number of hydrogen-bond donors (Lipinski definition) is 0. The van der Waals surface area contributed by atoms with Gasteiger partial charge in [0.15, 0.2) is 0 Å². The number of aromatic nitrogens is 1. The van der Waals surface area contributed by atoms with E-state index < -0.39 is 29.8 Å². The predicted molar refractivity (Wildman–Crippen MR) is 84.9 cm³/mol. The van der Waals surface area contributed by atoms with E-state index in [4.69, 9.17) is 0 Å². The molecule has 0 aliphatic carbocycles. The van der Waals surface area contributed by atoms with E-state index in [-0.39, 0.29) is 0 Å². The van der Waals surface area contributed by atoms with Crippen LogP contribution < -0.4 is 10.5 Å². The summed E-state index contributed by atoms with van der Waals surface area (Å²) in [7, 11) is 0. The molecule has 2 aromatic rings. The molecular weight excluding hydrogens is 321 g/mol. The fourth-order valence-electron chi connectivity index (χ4n) is 2.35. The van der Waals surface area contributed by atoms with E-state index in [1.54, 1.807) is 25.1 Å². The lowest BCUT2D eigenvalue weighted by atomic mass is 10.2. The first kappa shape index (κ1) is 17.8. The molecule has 0 fully saturated rings. The third kappa shape index (κ3) is 4.04. The Labute approximate surface area is 137 Å². The van der Waals surface area contributed by atoms with Gasteiger partial charge in [-0.3, -0.25) is 9.59 Å². The number of rotatable bonds is 4. The molecule has 1 aromatic heterocycles. The maximum atomic E-state index is 12.8. The molecule has 2 rings (SSSR count). The minimum Gasteiger partial charge on any atom is -0.311 e. The predicted octanol–water partition coefficient (Wildman–Crippen LogP) is 3.23. The van der Waals surface area contributed by atoms with Crippen LogP contribution in [0.25, 0.3) is 0 Å². The molecule has 1 amide bonds. The number of pyridine rings is 1. The van der Waals surface area contributed by atoms with Gasteiger partial charge < -0.3 is 9.47 Å². The number of anilines is 1. The number of amides is 1. The zero-order valence-corrected chi connectivity index (χ0v) is 13.3. The first-order valence-corrected chi connectivity index (χ1v) is 7.37. The summed E-state index contributed by atoms with van der Waals surface area (Å²) < 4.78 is 39.1. The highest BCUT2D eigenvalue weighted by molar-refractivity contribution is 5.93. The standard InChI is InChI=1S/C17H17F3N2O2/c1-3-22(14-6-4-5-12(2)9-14)16(24)11-21-10-13(17(18,19)20)7-8-15(21)23/h4-10H,3,11H2,1-2H3. The Kier molecular flexibility index (Phi) is 5.11. The lowest BCUT2D eigenvalue weighted by Crippen LogP contribution is -2.36. The zero-order chi connectivity index (χ0) is 17.9. The fourth-order valence-corrected chi connectivity index (χ4v) is 2.35. The zero-order valence-electron chi connectivity index (χ0n) is 13.3. The molecule has 128 valence electrons. The molecule has 0 radical (unpaired) electrons. The Balaban J connectivity index is 2.29. The van der Waals surface area contributed by atoms with Gasteiger partial charge in [-0.25, -0.2) is 0 Å². The molecule has 0 N–H and O–H groups in total. The Morgan fingerprint density at radius 3 is 2.50 bits per heavy atom. The molecule has 0 aliphatic rings. The number of likely N-dealkylation sites (N-methyl/N-ethyl adjacent to an activating group) is 1. The van der Waals surface area contributed by atoms with Gasteiger partial charge in [0.25, 0.3) is 5.56 Å². The van der Waals surface area contributed by atoms with Crippen LogP contribution >= 0.6 is 0 Å². The first-order valence-electron chi connectivity index (χ1n) is 7.37. The van der Waals surface area contributed by atoms with Crippen molar-refractivity contribution < 1.29 is 18.0 Å². The topological polar surface area (TPSA) is 42.3 Å². The quantitative estimate of drug-likeness (QED) is 0.859. The van der Waals surface area contributed by atoms with Crippen molar-refractivity contribution >= 4 is 11.6 Å². The second-order valence-electron chi connectivity index (χ2n) is 5.36. The number of carbonyl (C=O) groups is 1. The lowest BCUT2D eigenvalue weighted by Gasteiger charge is -2.22. The lowest BCUT2D eigenvalue weighted by molar-refractivity contribution is -0.138. The van der Waals surface area contributed by atoms with E-state index in [0.29, 0.717) is 24.5 Å². The van der Waals surface area contributed by atoms with Crippen LogP contribution in [0.1, 0.15) is 18.1 Å². The van der Waals surface area contributed by atoms with Crippen LogP contribution in [0.15, 0.2) is 47.4 Å². The van der Waals surface area contributed by atoms with E-state index in [1.165, 1.54) is 4.90 Å². The van der Waals surface area contributed by atoms with Crippen LogP contribution in [-0.2, 0) is 17.5 Å². The summed E-state index contributed by atoms with van der Waals surface area (Å²) in [6.07, 6.45) is -3.90. The number of carbonyl (C=O) groups excluding carboxylic acids is 1. The highest BCUT2D eigenvalue weighted by Gasteiger charge is 2.31. The second kappa shape index (κ2) is 6.90. The summed E-state index contributed by atoms with van der Waals surface area (Å²) in [5, 5.41) is 0. The molecule has 0 saturated carbocycles. The summed E-state index contributed by atoms with van der Waals surface area (Å²) in [6.45, 7) is 3.52. The van der Waals surface area contributed by atoms with Gasteiger partial charge in [-0.05, 0) is 37.6 Å². The summed E-state index contributed by atoms with van der Waals surface area (Å²) in [5.41, 5.74) is -0.0253. The fraction of sp³-hybridized carbons (Fsp3) is 0.294. The minimum atomic E-state index is -4.57. The number of hydrogen-bond acceptors (Lipinski definition) is 2. The van der Waals surface area contributed by atoms with Gasteiger partial charge in [-0.15, -0.1) is 0 Å². The average Bonchev–Trinajstić information content (AvgIpc) is 2.49. The average molecular weight is 338 g/mol. The highest BCUT2D eigenvalue weighted by atomic mass is 19.4. The molecule has 0 unspecified atom stereocenters. The van der Waals surface area contributed by atoms with Gasteiger partial charge in [0, 0.05) is 24.5 Å². The highest BCUT2D eigenvalue weighted by Crippen LogP contribution is 2.28. The number of halogens is 3. The molecule has 0 bridgehead atoms. The number of aryl methyl sites for hydroxylation is 1. The Morgan fingerprint density at radius 1 is 1.21 bits per heavy atom. The monoisotopic (exact) mass is 338 g/mol. The minimum absolute atomic E-state index is 0.343. The molecule has 0 atom stereocenters. The Bertz CT molecular complexity index is 797. The normalized spacial score (nSPS) is 11.4. The number of benzene rings is 1. The van der Waals surface area contributed by atoms with Crippen LogP contribution in [0.3, 0.4) is 0 Å². The van der Waals surface area contributed by atoms with Crippen molar-refractivity contribution in [3.63, 3.8) is 0 Å². The van der Waals surface area contributed by atoms with Crippen LogP contribution in [-0.4, -0.2) is 17.0 Å². The molecular formula is C17H17F3N2O2. The second-order valence-corrected chi connectivity index (χ2v) is 5.36. The van der Waals surface area contributed by atoms with E-state index in [2.05, 4.69) is 0 Å². The van der Waals surface area contributed by atoms with Crippen LogP contribution in [0.5, 0.6) is 0 Å². The molecule has 24 heavy (non-hydrogen) atoms. The van der Waals surface area contributed by atoms with Crippen molar-refractivity contribution in [3.8, 4) is 0 Å². The maximum Gasteiger partial charge on any atom is 0.417 e. The van der Waals surface area contributed by atoms with Crippen LogP contribution in [0.4, 0.5) is 18.9 Å². The van der Waals surface area contributed by atoms with Crippen LogP contribution in [0, 0.1) is 6.92 Å². The van der Waals surface area contributed by atoms with Gasteiger partial charge in [0.2, 0.25) is 5.91 Å². The Hall–Kier alpha value is -2.57. The van der Waals surface area contributed by atoms with Crippen molar-refractivity contribution in [1.82, 2.24) is 4.57 Å². The van der Waals surface area contributed by atoms with Gasteiger partial charge in [0.05, 0.1) is 5.56 Å². The summed E-state index contributed by atoms with van der Waals surface area (Å²) in [6, 6.07) is 8.73. The third-order valence-corrected chi connectivity index (χ3v) is 3.55. The van der Waals surface area contributed by atoms with E-state index in [0.717, 1.165) is 16.2 Å². The van der Waals surface area contributed by atoms with Crippen molar-refractivity contribution in [2.45, 2.75) is 26.6 Å². The molecule has 0 aliphatic heterocycles. The maximum absolute atomic E-state index is 12.8. The molecule has 7 heteroatoms. The Morgan fingerprint density at radius 2 is 1.92 bits per heavy atom. The SMILES string of the molecule is CCN(C(=O)Cn1cc(C(F)(F)F)ccc1=O)c1cccc(C)c1. The van der Waals surface area contributed by atoms with Crippen molar-refractivity contribution in [2.75, 3.05) is 11.4 Å². The molecule has 0 spiro atoms. The van der Waals surface area contributed by atoms with Crippen molar-refractivity contribution in [1.29, 1.82) is 0 Å². The smallest absolute Gasteiger partial charge is 0.311 e.